The molecule has 0 aromatic heterocycles. The van der Waals surface area contributed by atoms with Crippen molar-refractivity contribution in [1.82, 2.24) is 0 Å². The molecule has 35 heavy (non-hydrogen) atoms. The first kappa shape index (κ1) is 32.2. The Morgan fingerprint density at radius 1 is 0.943 bits per heavy atom. The van der Waals surface area contributed by atoms with Crippen LogP contribution < -0.4 is 3.58 Å². The van der Waals surface area contributed by atoms with E-state index < -0.39 is 32.1 Å². The third kappa shape index (κ3) is 13.9. The van der Waals surface area contributed by atoms with Crippen molar-refractivity contribution in [2.45, 2.75) is 112 Å². The summed E-state index contributed by atoms with van der Waals surface area (Å²) in [7, 11) is -1.29. The summed E-state index contributed by atoms with van der Waals surface area (Å²) in [6.45, 7) is 15.2. The smallest absolute Gasteiger partial charge is 0.0253 e. The number of ether oxygens (including phenoxy) is 2. The van der Waals surface area contributed by atoms with Crippen molar-refractivity contribution in [3.8, 4) is 0 Å². The molecule has 0 spiro atoms. The maximum absolute atomic E-state index is 13.2. The molecule has 0 heterocycles. The number of unbranched alkanes of at least 4 members (excludes halogenated alkanes) is 1. The average molecular weight is 612 g/mol. The molecule has 0 radical (unpaired) electrons. The van der Waals surface area contributed by atoms with Gasteiger partial charge in [-0.1, -0.05) is 26.6 Å². The molecule has 4 nitrogen and oxygen atoms in total. The van der Waals surface area contributed by atoms with E-state index in [1.54, 1.807) is 0 Å². The molecule has 1 aromatic rings. The molecule has 0 aliphatic heterocycles. The normalized spacial score (nSPS) is 14.3. The van der Waals surface area contributed by atoms with Gasteiger partial charge in [0.25, 0.3) is 0 Å². The summed E-state index contributed by atoms with van der Waals surface area (Å²) in [6.07, 6.45) is 4.70. The van der Waals surface area contributed by atoms with E-state index in [4.69, 9.17) is 9.47 Å². The van der Waals surface area contributed by atoms with Gasteiger partial charge in [0.1, 0.15) is 0 Å². The van der Waals surface area contributed by atoms with Crippen molar-refractivity contribution in [3.63, 3.8) is 0 Å². The van der Waals surface area contributed by atoms with Gasteiger partial charge < -0.3 is 0 Å². The summed E-state index contributed by atoms with van der Waals surface area (Å²) in [4.78, 5) is 33.5. The molecule has 0 saturated heterocycles. The van der Waals surface area contributed by atoms with Crippen molar-refractivity contribution >= 4 is 42.0 Å². The molecular formula is C29H52O4SiSn. The molecule has 0 unspecified atom stereocenters. The number of hydrogen-bond acceptors (Lipinski definition) is 4. The van der Waals surface area contributed by atoms with E-state index in [0.29, 0.717) is 19.4 Å². The molecular weight excluding hydrogens is 559 g/mol. The van der Waals surface area contributed by atoms with Gasteiger partial charge in [-0.05, 0) is 20.8 Å². The number of benzene rings is 1. The molecule has 0 amide bonds. The van der Waals surface area contributed by atoms with Crippen LogP contribution in [0, 0.1) is 11.8 Å². The Morgan fingerprint density at radius 3 is 2.00 bits per heavy atom. The summed E-state index contributed by atoms with van der Waals surface area (Å²) in [6, 6.07) is 9.94. The number of carbonyl (C=O) groups is 2. The number of rotatable bonds is 14. The Labute approximate surface area is 220 Å². The molecule has 0 bridgehead atoms. The number of esters is 2. The predicted octanol–water partition coefficient (Wildman–Crippen LogP) is 7.20. The minimum atomic E-state index is -2.08. The van der Waals surface area contributed by atoms with Crippen LogP contribution in [0.2, 0.25) is 40.5 Å². The molecule has 0 aliphatic rings. The van der Waals surface area contributed by atoms with E-state index in [2.05, 4.69) is 65.6 Å². The number of hydrogen-bond donors (Lipinski definition) is 0. The van der Waals surface area contributed by atoms with Crippen LogP contribution in [0.5, 0.6) is 0 Å². The van der Waals surface area contributed by atoms with Crippen molar-refractivity contribution < 1.29 is 19.1 Å². The third-order valence-corrected chi connectivity index (χ3v) is 13.8. The predicted molar refractivity (Wildman–Crippen MR) is 154 cm³/mol. The van der Waals surface area contributed by atoms with Gasteiger partial charge in [0.15, 0.2) is 0 Å². The molecule has 200 valence electrons. The summed E-state index contributed by atoms with van der Waals surface area (Å²) < 4.78 is 13.0. The van der Waals surface area contributed by atoms with Crippen LogP contribution in [0.4, 0.5) is 0 Å². The zero-order valence-corrected chi connectivity index (χ0v) is 28.1. The molecule has 1 aromatic carbocycles. The minimum Gasteiger partial charge on any atom is -0.0253 e. The standard InChI is InChI=1S/C26H43O4Si.3CH3.Sn/c1-8-9-15-22(25(28)30-26(2,3)4)20-23(17-16-21-13-11-10-12-14-21)24(27)29-18-19-31(5,6)7;;;;/h11-14,22-23H,8-9,15-20H2,1-7H3;3*1H3;/t22-,23-;;;;/m0..../s1. The van der Waals surface area contributed by atoms with Gasteiger partial charge in [-0.2, -0.15) is 0 Å². The number of aryl methyl sites for hydroxylation is 1. The van der Waals surface area contributed by atoms with Gasteiger partial charge in [0.2, 0.25) is 0 Å². The van der Waals surface area contributed by atoms with Gasteiger partial charge >= 0.3 is 174 Å². The van der Waals surface area contributed by atoms with E-state index in [9.17, 15) is 9.59 Å². The van der Waals surface area contributed by atoms with Gasteiger partial charge in [-0.25, -0.2) is 0 Å². The SMILES string of the molecule is CCCC[C@@H](C[C@H](CCc1cc[c]([Sn]([CH3])([CH3])[CH3])cc1)C(=O)OCC[Si](C)(C)C)C(=O)OC(C)(C)C. The Balaban J connectivity index is 3.00. The van der Waals surface area contributed by atoms with Gasteiger partial charge in [0, 0.05) is 0 Å². The van der Waals surface area contributed by atoms with Crippen LogP contribution >= 0.6 is 0 Å². The summed E-state index contributed by atoms with van der Waals surface area (Å²) in [5.41, 5.74) is 0.709. The van der Waals surface area contributed by atoms with E-state index in [1.165, 1.54) is 9.14 Å². The summed E-state index contributed by atoms with van der Waals surface area (Å²) >= 11 is -2.08. The minimum absolute atomic E-state index is 0.157. The molecule has 6 heteroatoms. The first-order valence-corrected chi connectivity index (χ1v) is 27.2. The fourth-order valence-corrected chi connectivity index (χ4v) is 7.98. The van der Waals surface area contributed by atoms with Gasteiger partial charge in [-0.15, -0.1) is 0 Å². The zero-order chi connectivity index (χ0) is 26.9. The van der Waals surface area contributed by atoms with Gasteiger partial charge in [0.05, 0.1) is 0 Å². The Morgan fingerprint density at radius 2 is 1.51 bits per heavy atom. The second-order valence-electron chi connectivity index (χ2n) is 13.3. The van der Waals surface area contributed by atoms with E-state index in [0.717, 1.165) is 31.7 Å². The summed E-state index contributed by atoms with van der Waals surface area (Å²) in [5.74, 6) is -0.919. The summed E-state index contributed by atoms with van der Waals surface area (Å²) in [5, 5.41) is 0. The topological polar surface area (TPSA) is 52.6 Å². The first-order chi connectivity index (χ1) is 16.0. The molecule has 1 rings (SSSR count). The fraction of sp³-hybridized carbons (Fsp3) is 0.724. The number of carbonyl (C=O) groups excluding carboxylic acids is 2. The van der Waals surface area contributed by atoms with E-state index in [-0.39, 0.29) is 23.8 Å². The maximum atomic E-state index is 13.2. The van der Waals surface area contributed by atoms with Crippen LogP contribution in [-0.4, -0.2) is 50.6 Å². The molecule has 0 fully saturated rings. The molecule has 2 atom stereocenters. The monoisotopic (exact) mass is 612 g/mol. The second kappa shape index (κ2) is 14.2. The van der Waals surface area contributed by atoms with E-state index >= 15 is 0 Å². The molecule has 0 aliphatic carbocycles. The van der Waals surface area contributed by atoms with Crippen molar-refractivity contribution in [1.29, 1.82) is 0 Å². The van der Waals surface area contributed by atoms with Crippen LogP contribution in [-0.2, 0) is 25.5 Å². The molecule has 0 saturated carbocycles. The van der Waals surface area contributed by atoms with Crippen LogP contribution in [0.1, 0.15) is 65.4 Å². The molecule has 0 N–H and O–H groups in total. The van der Waals surface area contributed by atoms with Gasteiger partial charge in [-0.3, -0.25) is 0 Å². The quantitative estimate of drug-likeness (QED) is 0.165. The van der Waals surface area contributed by atoms with Crippen molar-refractivity contribution in [2.75, 3.05) is 6.61 Å². The van der Waals surface area contributed by atoms with Crippen molar-refractivity contribution in [2.24, 2.45) is 11.8 Å². The average Bonchev–Trinajstić information content (AvgIpc) is 2.70. The second-order valence-corrected chi connectivity index (χ2v) is 33.4. The third-order valence-electron chi connectivity index (χ3n) is 6.25. The Kier molecular flexibility index (Phi) is 13.1. The zero-order valence-electron chi connectivity index (χ0n) is 24.3. The van der Waals surface area contributed by atoms with Crippen molar-refractivity contribution in [3.05, 3.63) is 29.8 Å². The Bertz CT molecular complexity index is 785. The first-order valence-electron chi connectivity index (χ1n) is 13.5. The fourth-order valence-electron chi connectivity index (χ4n) is 3.93. The van der Waals surface area contributed by atoms with Crippen LogP contribution in [0.15, 0.2) is 24.3 Å². The van der Waals surface area contributed by atoms with E-state index in [1.807, 2.05) is 20.8 Å². The Hall–Kier alpha value is -0.824. The van der Waals surface area contributed by atoms with Crippen LogP contribution in [0.25, 0.3) is 0 Å². The van der Waals surface area contributed by atoms with Crippen LogP contribution in [0.3, 0.4) is 0 Å².